The molecule has 2 heteroatoms. The van der Waals surface area contributed by atoms with Crippen LogP contribution in [0.25, 0.3) is 0 Å². The van der Waals surface area contributed by atoms with Crippen LogP contribution in [0.2, 0.25) is 0 Å². The summed E-state index contributed by atoms with van der Waals surface area (Å²) in [7, 11) is 0. The summed E-state index contributed by atoms with van der Waals surface area (Å²) >= 11 is 1.90. The van der Waals surface area contributed by atoms with Crippen molar-refractivity contribution < 1.29 is 0 Å². The van der Waals surface area contributed by atoms with Crippen molar-refractivity contribution in [1.29, 1.82) is 0 Å². The van der Waals surface area contributed by atoms with E-state index in [0.29, 0.717) is 5.54 Å². The van der Waals surface area contributed by atoms with E-state index in [4.69, 9.17) is 0 Å². The predicted octanol–water partition coefficient (Wildman–Crippen LogP) is 3.37. The van der Waals surface area contributed by atoms with Crippen LogP contribution in [0.15, 0.2) is 17.5 Å². The lowest BCUT2D eigenvalue weighted by Gasteiger charge is -2.30. The van der Waals surface area contributed by atoms with Crippen LogP contribution in [0.1, 0.15) is 38.0 Å². The second-order valence-corrected chi connectivity index (χ2v) is 5.64. The molecule has 78 valence electrons. The van der Waals surface area contributed by atoms with E-state index in [9.17, 15) is 0 Å². The van der Waals surface area contributed by atoms with E-state index in [-0.39, 0.29) is 0 Å². The summed E-state index contributed by atoms with van der Waals surface area (Å²) in [5, 5.41) is 5.91. The van der Waals surface area contributed by atoms with Gasteiger partial charge in [-0.25, -0.2) is 0 Å². The molecule has 1 N–H and O–H groups in total. The van der Waals surface area contributed by atoms with Crippen molar-refractivity contribution >= 4 is 11.3 Å². The van der Waals surface area contributed by atoms with Crippen LogP contribution in [0.4, 0.5) is 0 Å². The minimum atomic E-state index is 0.308. The molecule has 0 amide bonds. The maximum atomic E-state index is 3.71. The highest BCUT2D eigenvalue weighted by atomic mass is 32.1. The fourth-order valence-electron chi connectivity index (χ4n) is 2.54. The average Bonchev–Trinajstić information content (AvgIpc) is 2.69. The van der Waals surface area contributed by atoms with Gasteiger partial charge in [-0.15, -0.1) is 11.3 Å². The second kappa shape index (κ2) is 4.03. The molecule has 1 nitrogen and oxygen atoms in total. The van der Waals surface area contributed by atoms with Crippen LogP contribution < -0.4 is 5.32 Å². The zero-order valence-electron chi connectivity index (χ0n) is 9.05. The van der Waals surface area contributed by atoms with Crippen molar-refractivity contribution in [3.05, 3.63) is 22.4 Å². The van der Waals surface area contributed by atoms with Crippen molar-refractivity contribution in [2.24, 2.45) is 5.92 Å². The largest absolute Gasteiger partial charge is 0.307 e. The molecule has 1 fully saturated rings. The molecule has 2 rings (SSSR count). The van der Waals surface area contributed by atoms with Gasteiger partial charge < -0.3 is 5.32 Å². The van der Waals surface area contributed by atoms with E-state index in [1.165, 1.54) is 30.7 Å². The topological polar surface area (TPSA) is 12.0 Å². The smallest absolute Gasteiger partial charge is 0.0531 e. The van der Waals surface area contributed by atoms with Crippen molar-refractivity contribution in [3.63, 3.8) is 0 Å². The van der Waals surface area contributed by atoms with Crippen LogP contribution in [0.5, 0.6) is 0 Å². The highest BCUT2D eigenvalue weighted by molar-refractivity contribution is 7.10. The number of rotatable bonds is 3. The Kier molecular flexibility index (Phi) is 2.93. The Bertz CT molecular complexity index is 271. The average molecular weight is 209 g/mol. The van der Waals surface area contributed by atoms with Gasteiger partial charge in [0.2, 0.25) is 0 Å². The molecule has 2 heterocycles. The monoisotopic (exact) mass is 209 g/mol. The Labute approximate surface area is 90.5 Å². The molecule has 0 aliphatic carbocycles. The molecule has 1 aliphatic rings. The van der Waals surface area contributed by atoms with Crippen molar-refractivity contribution in [2.75, 3.05) is 6.54 Å². The number of hydrogen-bond acceptors (Lipinski definition) is 2. The van der Waals surface area contributed by atoms with E-state index in [2.05, 4.69) is 36.7 Å². The van der Waals surface area contributed by atoms with Crippen molar-refractivity contribution in [2.45, 2.75) is 38.6 Å². The third-order valence-corrected chi connectivity index (χ3v) is 4.07. The van der Waals surface area contributed by atoms with E-state index in [1.807, 2.05) is 11.3 Å². The summed E-state index contributed by atoms with van der Waals surface area (Å²) in [5.74, 6) is 0.766. The molecule has 1 atom stereocenters. The Morgan fingerprint density at radius 3 is 2.93 bits per heavy atom. The Morgan fingerprint density at radius 2 is 2.43 bits per heavy atom. The number of hydrogen-bond donors (Lipinski definition) is 1. The molecule has 0 bridgehead atoms. The van der Waals surface area contributed by atoms with E-state index < -0.39 is 0 Å². The minimum Gasteiger partial charge on any atom is -0.307 e. The lowest BCUT2D eigenvalue weighted by Crippen LogP contribution is -2.37. The molecule has 14 heavy (non-hydrogen) atoms. The minimum absolute atomic E-state index is 0.308. The summed E-state index contributed by atoms with van der Waals surface area (Å²) in [6.45, 7) is 5.81. The van der Waals surface area contributed by atoms with E-state index in [1.54, 1.807) is 0 Å². The lowest BCUT2D eigenvalue weighted by atomic mass is 9.86. The molecule has 0 aromatic carbocycles. The first-order valence-corrected chi connectivity index (χ1v) is 6.40. The van der Waals surface area contributed by atoms with Gasteiger partial charge in [-0.1, -0.05) is 19.9 Å². The summed E-state index contributed by atoms with van der Waals surface area (Å²) in [4.78, 5) is 1.53. The Balaban J connectivity index is 2.22. The molecular weight excluding hydrogens is 190 g/mol. The van der Waals surface area contributed by atoms with Crippen LogP contribution in [0.3, 0.4) is 0 Å². The molecule has 1 aromatic rings. The predicted molar refractivity (Wildman–Crippen MR) is 62.7 cm³/mol. The van der Waals surface area contributed by atoms with Gasteiger partial charge in [0.05, 0.1) is 5.54 Å². The molecule has 0 spiro atoms. The normalized spacial score (nSPS) is 27.4. The van der Waals surface area contributed by atoms with Crippen molar-refractivity contribution in [3.8, 4) is 0 Å². The van der Waals surface area contributed by atoms with Gasteiger partial charge in [0.1, 0.15) is 0 Å². The molecule has 1 saturated heterocycles. The summed E-state index contributed by atoms with van der Waals surface area (Å²) in [5.41, 5.74) is 0.308. The van der Waals surface area contributed by atoms with Crippen LogP contribution in [0, 0.1) is 5.92 Å². The zero-order valence-corrected chi connectivity index (χ0v) is 9.86. The Hall–Kier alpha value is -0.340. The van der Waals surface area contributed by atoms with E-state index in [0.717, 1.165) is 5.92 Å². The highest BCUT2D eigenvalue weighted by Gasteiger charge is 2.36. The standard InChI is InChI=1S/C12H19NS/c1-10(2)9-12(6-4-7-13-12)11-5-3-8-14-11/h3,5,8,10,13H,4,6-7,9H2,1-2H3. The van der Waals surface area contributed by atoms with Gasteiger partial charge in [0, 0.05) is 4.88 Å². The lowest BCUT2D eigenvalue weighted by molar-refractivity contribution is 0.317. The molecule has 1 aliphatic heterocycles. The Morgan fingerprint density at radius 1 is 1.57 bits per heavy atom. The fourth-order valence-corrected chi connectivity index (χ4v) is 3.48. The van der Waals surface area contributed by atoms with Gasteiger partial charge in [-0.05, 0) is 43.2 Å². The molecular formula is C12H19NS. The third-order valence-electron chi connectivity index (χ3n) is 2.99. The van der Waals surface area contributed by atoms with Crippen LogP contribution in [-0.4, -0.2) is 6.54 Å². The summed E-state index contributed by atoms with van der Waals surface area (Å²) in [6.07, 6.45) is 3.91. The third kappa shape index (κ3) is 1.86. The van der Waals surface area contributed by atoms with Gasteiger partial charge in [-0.2, -0.15) is 0 Å². The van der Waals surface area contributed by atoms with Gasteiger partial charge in [-0.3, -0.25) is 0 Å². The maximum absolute atomic E-state index is 3.71. The maximum Gasteiger partial charge on any atom is 0.0531 e. The SMILES string of the molecule is CC(C)CC1(c2cccs2)CCCN1. The zero-order chi connectivity index (χ0) is 10.0. The van der Waals surface area contributed by atoms with Gasteiger partial charge >= 0.3 is 0 Å². The molecule has 0 saturated carbocycles. The quantitative estimate of drug-likeness (QED) is 0.805. The first kappa shape index (κ1) is 10.2. The number of thiophene rings is 1. The molecule has 1 unspecified atom stereocenters. The first-order valence-electron chi connectivity index (χ1n) is 5.52. The van der Waals surface area contributed by atoms with Gasteiger partial charge in [0.15, 0.2) is 0 Å². The van der Waals surface area contributed by atoms with Crippen molar-refractivity contribution in [1.82, 2.24) is 5.32 Å². The second-order valence-electron chi connectivity index (χ2n) is 4.69. The molecule has 0 radical (unpaired) electrons. The first-order chi connectivity index (χ1) is 6.73. The fraction of sp³-hybridized carbons (Fsp3) is 0.667. The van der Waals surface area contributed by atoms with Crippen LogP contribution >= 0.6 is 11.3 Å². The van der Waals surface area contributed by atoms with Crippen LogP contribution in [-0.2, 0) is 5.54 Å². The highest BCUT2D eigenvalue weighted by Crippen LogP contribution is 2.38. The summed E-state index contributed by atoms with van der Waals surface area (Å²) < 4.78 is 0. The number of nitrogens with one attached hydrogen (secondary N) is 1. The summed E-state index contributed by atoms with van der Waals surface area (Å²) in [6, 6.07) is 4.45. The van der Waals surface area contributed by atoms with E-state index >= 15 is 0 Å². The van der Waals surface area contributed by atoms with Gasteiger partial charge in [0.25, 0.3) is 0 Å². The molecule has 1 aromatic heterocycles.